The van der Waals surface area contributed by atoms with Gasteiger partial charge in [-0.05, 0) is 24.5 Å². The summed E-state index contributed by atoms with van der Waals surface area (Å²) >= 11 is 6.17. The Balaban J connectivity index is 2.94. The Morgan fingerprint density at radius 3 is 2.60 bits per heavy atom. The molecular formula is C13H15ClO. The zero-order valence-corrected chi connectivity index (χ0v) is 9.54. The molecule has 0 saturated heterocycles. The first-order valence-electron chi connectivity index (χ1n) is 4.87. The highest BCUT2D eigenvalue weighted by Gasteiger charge is 2.10. The zero-order valence-electron chi connectivity index (χ0n) is 8.78. The van der Waals surface area contributed by atoms with E-state index in [0.717, 1.165) is 11.1 Å². The first kappa shape index (κ1) is 12.0. The molecule has 1 aromatic carbocycles. The molecule has 0 aliphatic carbocycles. The van der Waals surface area contributed by atoms with Gasteiger partial charge in [-0.1, -0.05) is 48.0 Å². The van der Waals surface area contributed by atoms with Gasteiger partial charge in [0.25, 0.3) is 0 Å². The van der Waals surface area contributed by atoms with Crippen LogP contribution in [0.5, 0.6) is 0 Å². The van der Waals surface area contributed by atoms with Crippen LogP contribution in [-0.2, 0) is 0 Å². The summed E-state index contributed by atoms with van der Waals surface area (Å²) in [5, 5.41) is 10.4. The molecule has 80 valence electrons. The van der Waals surface area contributed by atoms with Crippen LogP contribution in [0.2, 0.25) is 0 Å². The maximum absolute atomic E-state index is 9.74. The van der Waals surface area contributed by atoms with E-state index >= 15 is 0 Å². The Bertz CT molecular complexity index is 354. The minimum absolute atomic E-state index is 0.523. The minimum Gasteiger partial charge on any atom is -0.388 e. The molecule has 0 aromatic heterocycles. The number of hydrogen-bond donors (Lipinski definition) is 1. The van der Waals surface area contributed by atoms with Crippen LogP contribution in [0, 0.1) is 0 Å². The van der Waals surface area contributed by atoms with E-state index in [1.807, 2.05) is 37.3 Å². The van der Waals surface area contributed by atoms with Crippen molar-refractivity contribution in [2.24, 2.45) is 0 Å². The molecule has 0 spiro atoms. The molecule has 1 unspecified atom stereocenters. The molecule has 0 saturated carbocycles. The van der Waals surface area contributed by atoms with E-state index in [1.165, 1.54) is 0 Å². The minimum atomic E-state index is -0.546. The molecule has 0 bridgehead atoms. The van der Waals surface area contributed by atoms with E-state index in [4.69, 9.17) is 11.6 Å². The molecule has 0 radical (unpaired) electrons. The Morgan fingerprint density at radius 2 is 2.07 bits per heavy atom. The monoisotopic (exact) mass is 222 g/mol. The quantitative estimate of drug-likeness (QED) is 0.772. The topological polar surface area (TPSA) is 20.2 Å². The molecule has 1 N–H and O–H groups in total. The van der Waals surface area contributed by atoms with Crippen LogP contribution in [-0.4, -0.2) is 11.2 Å². The highest BCUT2D eigenvalue weighted by molar-refractivity contribution is 6.49. The average molecular weight is 223 g/mol. The second-order valence-corrected chi connectivity index (χ2v) is 3.78. The van der Waals surface area contributed by atoms with Crippen LogP contribution < -0.4 is 0 Å². The second kappa shape index (κ2) is 5.74. The fourth-order valence-electron chi connectivity index (χ4n) is 1.29. The van der Waals surface area contributed by atoms with Crippen molar-refractivity contribution in [1.29, 1.82) is 0 Å². The summed E-state index contributed by atoms with van der Waals surface area (Å²) in [5.41, 5.74) is 1.71. The molecule has 0 heterocycles. The van der Waals surface area contributed by atoms with Gasteiger partial charge in [-0.25, -0.2) is 0 Å². The lowest BCUT2D eigenvalue weighted by molar-refractivity contribution is 0.215. The summed E-state index contributed by atoms with van der Waals surface area (Å²) in [5.74, 6) is 0. The lowest BCUT2D eigenvalue weighted by Gasteiger charge is -2.11. The Kier molecular flexibility index (Phi) is 4.60. The van der Waals surface area contributed by atoms with Gasteiger partial charge in [0.1, 0.15) is 0 Å². The first-order chi connectivity index (χ1) is 7.16. The molecule has 0 aliphatic heterocycles. The van der Waals surface area contributed by atoms with E-state index in [9.17, 15) is 5.11 Å². The molecule has 1 nitrogen and oxygen atoms in total. The standard InChI is InChI=1S/C13H15ClO/c1-3-7-12(15)10(2)13(14)11-8-5-4-6-9-11/h3-6,8-9,12,15H,1,7H2,2H3/b13-10-. The van der Waals surface area contributed by atoms with Crippen molar-refractivity contribution in [1.82, 2.24) is 0 Å². The Labute approximate surface area is 95.7 Å². The third kappa shape index (κ3) is 3.22. The molecule has 1 aromatic rings. The van der Waals surface area contributed by atoms with Crippen molar-refractivity contribution in [3.05, 3.63) is 54.1 Å². The van der Waals surface area contributed by atoms with Gasteiger partial charge in [0.05, 0.1) is 6.10 Å². The Morgan fingerprint density at radius 1 is 1.47 bits per heavy atom. The van der Waals surface area contributed by atoms with Gasteiger partial charge >= 0.3 is 0 Å². The normalized spacial score (nSPS) is 14.3. The van der Waals surface area contributed by atoms with E-state index in [2.05, 4.69) is 6.58 Å². The number of hydrogen-bond acceptors (Lipinski definition) is 1. The largest absolute Gasteiger partial charge is 0.388 e. The summed E-state index contributed by atoms with van der Waals surface area (Å²) in [6.07, 6.45) is 1.66. The van der Waals surface area contributed by atoms with Gasteiger partial charge in [0, 0.05) is 5.03 Å². The second-order valence-electron chi connectivity index (χ2n) is 3.40. The third-order valence-corrected chi connectivity index (χ3v) is 2.78. The number of benzene rings is 1. The molecule has 1 atom stereocenters. The SMILES string of the molecule is C=CCC(O)/C(C)=C(\Cl)c1ccccc1. The maximum Gasteiger partial charge on any atom is 0.0799 e. The zero-order chi connectivity index (χ0) is 11.3. The van der Waals surface area contributed by atoms with E-state index < -0.39 is 6.10 Å². The molecule has 15 heavy (non-hydrogen) atoms. The Hall–Kier alpha value is -1.05. The van der Waals surface area contributed by atoms with Gasteiger partial charge in [-0.15, -0.1) is 6.58 Å². The molecule has 0 aliphatic rings. The van der Waals surface area contributed by atoms with Crippen molar-refractivity contribution < 1.29 is 5.11 Å². The molecule has 2 heteroatoms. The highest BCUT2D eigenvalue weighted by Crippen LogP contribution is 2.25. The summed E-state index contributed by atoms with van der Waals surface area (Å²) in [6, 6.07) is 9.62. The van der Waals surface area contributed by atoms with Crippen LogP contribution in [0.4, 0.5) is 0 Å². The van der Waals surface area contributed by atoms with Crippen molar-refractivity contribution in [2.45, 2.75) is 19.4 Å². The van der Waals surface area contributed by atoms with Crippen LogP contribution >= 0.6 is 11.6 Å². The third-order valence-electron chi connectivity index (χ3n) is 2.26. The number of aliphatic hydroxyl groups is 1. The molecule has 1 rings (SSSR count). The lowest BCUT2D eigenvalue weighted by atomic mass is 10.0. The van der Waals surface area contributed by atoms with Gasteiger partial charge < -0.3 is 5.11 Å². The number of halogens is 1. The predicted molar refractivity (Wildman–Crippen MR) is 65.7 cm³/mol. The molecule has 0 amide bonds. The fraction of sp³-hybridized carbons (Fsp3) is 0.231. The molecule has 0 fully saturated rings. The van der Waals surface area contributed by atoms with Crippen molar-refractivity contribution in [2.75, 3.05) is 0 Å². The lowest BCUT2D eigenvalue weighted by Crippen LogP contribution is -2.07. The average Bonchev–Trinajstić information content (AvgIpc) is 2.28. The predicted octanol–water partition coefficient (Wildman–Crippen LogP) is 3.59. The summed E-state index contributed by atoms with van der Waals surface area (Å²) in [4.78, 5) is 0. The van der Waals surface area contributed by atoms with Gasteiger partial charge in [-0.2, -0.15) is 0 Å². The summed E-state index contributed by atoms with van der Waals surface area (Å²) < 4.78 is 0. The fourth-order valence-corrected chi connectivity index (χ4v) is 1.55. The maximum atomic E-state index is 9.74. The van der Waals surface area contributed by atoms with E-state index in [1.54, 1.807) is 6.08 Å². The van der Waals surface area contributed by atoms with E-state index in [0.29, 0.717) is 11.5 Å². The number of rotatable bonds is 4. The van der Waals surface area contributed by atoms with Gasteiger partial charge in [0.2, 0.25) is 0 Å². The summed E-state index contributed by atoms with van der Waals surface area (Å²) in [7, 11) is 0. The van der Waals surface area contributed by atoms with E-state index in [-0.39, 0.29) is 0 Å². The van der Waals surface area contributed by atoms with Gasteiger partial charge in [0.15, 0.2) is 0 Å². The van der Waals surface area contributed by atoms with Crippen LogP contribution in [0.25, 0.3) is 5.03 Å². The summed E-state index contributed by atoms with van der Waals surface area (Å²) in [6.45, 7) is 5.43. The van der Waals surface area contributed by atoms with Crippen LogP contribution in [0.15, 0.2) is 48.6 Å². The van der Waals surface area contributed by atoms with Crippen molar-refractivity contribution >= 4 is 16.6 Å². The van der Waals surface area contributed by atoms with Crippen LogP contribution in [0.3, 0.4) is 0 Å². The highest BCUT2D eigenvalue weighted by atomic mass is 35.5. The smallest absolute Gasteiger partial charge is 0.0799 e. The van der Waals surface area contributed by atoms with Crippen LogP contribution in [0.1, 0.15) is 18.9 Å². The molecular weight excluding hydrogens is 208 g/mol. The van der Waals surface area contributed by atoms with Crippen molar-refractivity contribution in [3.8, 4) is 0 Å². The van der Waals surface area contributed by atoms with Gasteiger partial charge in [-0.3, -0.25) is 0 Å². The number of aliphatic hydroxyl groups excluding tert-OH is 1. The van der Waals surface area contributed by atoms with Crippen molar-refractivity contribution in [3.63, 3.8) is 0 Å². The first-order valence-corrected chi connectivity index (χ1v) is 5.25.